The van der Waals surface area contributed by atoms with Crippen LogP contribution in [0.2, 0.25) is 0 Å². The molecule has 1 aliphatic rings. The van der Waals surface area contributed by atoms with Crippen molar-refractivity contribution in [2.75, 3.05) is 30.4 Å². The third-order valence-corrected chi connectivity index (χ3v) is 3.30. The summed E-state index contributed by atoms with van der Waals surface area (Å²) in [5.74, 6) is 1.54. The van der Waals surface area contributed by atoms with E-state index in [9.17, 15) is 0 Å². The summed E-state index contributed by atoms with van der Waals surface area (Å²) in [6, 6.07) is 1.83. The molecule has 0 amide bonds. The van der Waals surface area contributed by atoms with Gasteiger partial charge in [0.25, 0.3) is 5.95 Å². The van der Waals surface area contributed by atoms with Crippen molar-refractivity contribution in [1.29, 1.82) is 0 Å². The van der Waals surface area contributed by atoms with Crippen molar-refractivity contribution in [2.45, 2.75) is 25.8 Å². The van der Waals surface area contributed by atoms with Crippen molar-refractivity contribution < 1.29 is 4.74 Å². The zero-order valence-electron chi connectivity index (χ0n) is 12.2. The second-order valence-electron chi connectivity index (χ2n) is 5.25. The second kappa shape index (κ2) is 5.65. The molecule has 1 aliphatic heterocycles. The summed E-state index contributed by atoms with van der Waals surface area (Å²) in [4.78, 5) is 13.2. The number of hydrogen-bond acceptors (Lipinski definition) is 7. The molecule has 21 heavy (non-hydrogen) atoms. The summed E-state index contributed by atoms with van der Waals surface area (Å²) in [6.45, 7) is 6.23. The van der Waals surface area contributed by atoms with Gasteiger partial charge in [-0.15, -0.1) is 0 Å². The minimum atomic E-state index is -0.147. The molecule has 8 heteroatoms. The molecule has 0 aromatic carbocycles. The molecule has 3 rings (SSSR count). The molecule has 0 radical (unpaired) electrons. The largest absolute Gasteiger partial charge is 0.379 e. The summed E-state index contributed by atoms with van der Waals surface area (Å²) in [5, 5.41) is 10.6. The van der Waals surface area contributed by atoms with Gasteiger partial charge in [-0.1, -0.05) is 0 Å². The van der Waals surface area contributed by atoms with Crippen molar-refractivity contribution in [1.82, 2.24) is 24.7 Å². The van der Waals surface area contributed by atoms with Gasteiger partial charge in [-0.3, -0.25) is 0 Å². The molecule has 0 saturated carbocycles. The van der Waals surface area contributed by atoms with Crippen LogP contribution in [0.4, 0.5) is 11.9 Å². The van der Waals surface area contributed by atoms with E-state index >= 15 is 0 Å². The molecule has 8 nitrogen and oxygen atoms in total. The standard InChI is InChI=1S/C13H19N7O/c1-3-14-10-16-11(19-13(2)5-8-21-9-13)18-12(17-10)20-7-4-6-15-20/h4,6-7H,3,5,8-9H2,1-2H3,(H2,14,16,17,18,19). The Bertz CT molecular complexity index is 593. The van der Waals surface area contributed by atoms with Crippen molar-refractivity contribution in [3.8, 4) is 5.95 Å². The normalized spacial score (nSPS) is 21.4. The second-order valence-corrected chi connectivity index (χ2v) is 5.25. The molecule has 1 atom stereocenters. The first-order chi connectivity index (χ1) is 10.2. The van der Waals surface area contributed by atoms with Crippen LogP contribution in [0.15, 0.2) is 18.5 Å². The van der Waals surface area contributed by atoms with Crippen LogP contribution in [-0.4, -0.2) is 50.0 Å². The van der Waals surface area contributed by atoms with E-state index in [1.54, 1.807) is 17.1 Å². The van der Waals surface area contributed by atoms with Crippen LogP contribution in [0.5, 0.6) is 0 Å². The molecule has 0 aliphatic carbocycles. The lowest BCUT2D eigenvalue weighted by molar-refractivity contribution is 0.185. The zero-order valence-corrected chi connectivity index (χ0v) is 12.2. The Morgan fingerprint density at radius 1 is 1.33 bits per heavy atom. The van der Waals surface area contributed by atoms with E-state index in [0.29, 0.717) is 24.5 Å². The van der Waals surface area contributed by atoms with Gasteiger partial charge in [0.05, 0.1) is 12.1 Å². The van der Waals surface area contributed by atoms with E-state index in [1.807, 2.05) is 13.0 Å². The number of aromatic nitrogens is 5. The van der Waals surface area contributed by atoms with E-state index in [4.69, 9.17) is 4.74 Å². The molecule has 3 heterocycles. The number of nitrogens with zero attached hydrogens (tertiary/aromatic N) is 5. The van der Waals surface area contributed by atoms with Crippen LogP contribution in [0, 0.1) is 0 Å². The van der Waals surface area contributed by atoms with E-state index in [1.165, 1.54) is 0 Å². The lowest BCUT2D eigenvalue weighted by Crippen LogP contribution is -2.36. The Morgan fingerprint density at radius 2 is 2.19 bits per heavy atom. The van der Waals surface area contributed by atoms with E-state index in [-0.39, 0.29) is 5.54 Å². The molecule has 0 spiro atoms. The fourth-order valence-corrected chi connectivity index (χ4v) is 2.18. The number of hydrogen-bond donors (Lipinski definition) is 2. The fourth-order valence-electron chi connectivity index (χ4n) is 2.18. The maximum atomic E-state index is 5.45. The average Bonchev–Trinajstić information content (AvgIpc) is 3.10. The summed E-state index contributed by atoms with van der Waals surface area (Å²) in [5.41, 5.74) is -0.147. The lowest BCUT2D eigenvalue weighted by atomic mass is 10.0. The highest BCUT2D eigenvalue weighted by atomic mass is 16.5. The first-order valence-electron chi connectivity index (χ1n) is 7.04. The number of rotatable bonds is 5. The van der Waals surface area contributed by atoms with E-state index in [0.717, 1.165) is 19.6 Å². The first-order valence-corrected chi connectivity index (χ1v) is 7.04. The number of anilines is 2. The van der Waals surface area contributed by atoms with Gasteiger partial charge >= 0.3 is 0 Å². The van der Waals surface area contributed by atoms with Crippen molar-refractivity contribution in [2.24, 2.45) is 0 Å². The molecular formula is C13H19N7O. The average molecular weight is 289 g/mol. The van der Waals surface area contributed by atoms with Gasteiger partial charge in [0.2, 0.25) is 11.9 Å². The minimum Gasteiger partial charge on any atom is -0.379 e. The highest BCUT2D eigenvalue weighted by molar-refractivity contribution is 5.39. The molecule has 2 aromatic rings. The smallest absolute Gasteiger partial charge is 0.257 e. The molecule has 0 bridgehead atoms. The molecule has 112 valence electrons. The lowest BCUT2D eigenvalue weighted by Gasteiger charge is -2.23. The molecule has 1 fully saturated rings. The van der Waals surface area contributed by atoms with Crippen LogP contribution in [0.1, 0.15) is 20.3 Å². The van der Waals surface area contributed by atoms with Crippen LogP contribution >= 0.6 is 0 Å². The number of nitrogens with one attached hydrogen (secondary N) is 2. The Labute approximate surface area is 123 Å². The van der Waals surface area contributed by atoms with Gasteiger partial charge in [-0.2, -0.15) is 20.1 Å². The molecule has 2 aromatic heterocycles. The third-order valence-electron chi connectivity index (χ3n) is 3.30. The highest BCUT2D eigenvalue weighted by Crippen LogP contribution is 2.22. The topological polar surface area (TPSA) is 89.8 Å². The maximum absolute atomic E-state index is 5.45. The summed E-state index contributed by atoms with van der Waals surface area (Å²) < 4.78 is 7.06. The molecule has 1 saturated heterocycles. The van der Waals surface area contributed by atoms with E-state index < -0.39 is 0 Å². The third kappa shape index (κ3) is 3.10. The number of ether oxygens (including phenoxy) is 1. The summed E-state index contributed by atoms with van der Waals surface area (Å²) in [7, 11) is 0. The van der Waals surface area contributed by atoms with Crippen LogP contribution in [-0.2, 0) is 4.74 Å². The summed E-state index contributed by atoms with van der Waals surface area (Å²) >= 11 is 0. The molecular weight excluding hydrogens is 270 g/mol. The van der Waals surface area contributed by atoms with Crippen LogP contribution in [0.25, 0.3) is 5.95 Å². The van der Waals surface area contributed by atoms with E-state index in [2.05, 4.69) is 37.6 Å². The van der Waals surface area contributed by atoms with Crippen molar-refractivity contribution in [3.05, 3.63) is 18.5 Å². The Morgan fingerprint density at radius 3 is 2.86 bits per heavy atom. The van der Waals surface area contributed by atoms with Gasteiger partial charge in [-0.05, 0) is 26.3 Å². The highest BCUT2D eigenvalue weighted by Gasteiger charge is 2.30. The monoisotopic (exact) mass is 289 g/mol. The fraction of sp³-hybridized carbons (Fsp3) is 0.538. The summed E-state index contributed by atoms with van der Waals surface area (Å²) in [6.07, 6.45) is 4.41. The Balaban J connectivity index is 1.91. The van der Waals surface area contributed by atoms with Crippen LogP contribution < -0.4 is 10.6 Å². The van der Waals surface area contributed by atoms with Gasteiger partial charge in [0.1, 0.15) is 0 Å². The van der Waals surface area contributed by atoms with Gasteiger partial charge in [-0.25, -0.2) is 4.68 Å². The predicted octanol–water partition coefficient (Wildman–Crippen LogP) is 1.08. The van der Waals surface area contributed by atoms with Crippen LogP contribution in [0.3, 0.4) is 0 Å². The van der Waals surface area contributed by atoms with Crippen molar-refractivity contribution >= 4 is 11.9 Å². The zero-order chi connectivity index (χ0) is 14.7. The molecule has 2 N–H and O–H groups in total. The van der Waals surface area contributed by atoms with Gasteiger partial charge < -0.3 is 15.4 Å². The minimum absolute atomic E-state index is 0.147. The molecule has 1 unspecified atom stereocenters. The quantitative estimate of drug-likeness (QED) is 0.851. The maximum Gasteiger partial charge on any atom is 0.257 e. The first kappa shape index (κ1) is 13.7. The van der Waals surface area contributed by atoms with Gasteiger partial charge in [0, 0.05) is 25.5 Å². The van der Waals surface area contributed by atoms with Gasteiger partial charge in [0.15, 0.2) is 0 Å². The van der Waals surface area contributed by atoms with Crippen molar-refractivity contribution in [3.63, 3.8) is 0 Å². The Kier molecular flexibility index (Phi) is 3.70. The predicted molar refractivity (Wildman–Crippen MR) is 78.6 cm³/mol. The Hall–Kier alpha value is -2.22. The SMILES string of the molecule is CCNc1nc(NC2(C)CCOC2)nc(-n2cccn2)n1.